The number of aromatic amines is 1. The highest BCUT2D eigenvalue weighted by Crippen LogP contribution is 2.50. The highest BCUT2D eigenvalue weighted by molar-refractivity contribution is 5.70. The topological polar surface area (TPSA) is 87.2 Å². The summed E-state index contributed by atoms with van der Waals surface area (Å²) in [5.74, 6) is -1.41. The van der Waals surface area contributed by atoms with Gasteiger partial charge in [0.05, 0.1) is 0 Å². The lowest BCUT2D eigenvalue weighted by Gasteiger charge is -2.60. The highest BCUT2D eigenvalue weighted by Gasteiger charge is 2.44. The Labute approximate surface area is 177 Å². The molecule has 6 nitrogen and oxygen atoms in total. The lowest BCUT2D eigenvalue weighted by atomic mass is 9.65. The Morgan fingerprint density at radius 2 is 1.87 bits per heavy atom. The molecule has 0 bridgehead atoms. The molecule has 2 heterocycles. The third kappa shape index (κ3) is 2.96. The van der Waals surface area contributed by atoms with Gasteiger partial charge in [-0.2, -0.15) is 0 Å². The summed E-state index contributed by atoms with van der Waals surface area (Å²) in [7, 11) is 1.61. The summed E-state index contributed by atoms with van der Waals surface area (Å²) in [5.41, 5.74) is 3.89. The molecular weight excluding hydrogens is 378 g/mol. The average molecular weight is 410 g/mol. The van der Waals surface area contributed by atoms with Gasteiger partial charge in [0.15, 0.2) is 0 Å². The maximum atomic E-state index is 13.1. The van der Waals surface area contributed by atoms with Crippen LogP contribution in [0.4, 0.5) is 5.69 Å². The van der Waals surface area contributed by atoms with E-state index in [4.69, 9.17) is 0 Å². The van der Waals surface area contributed by atoms with Crippen molar-refractivity contribution in [1.82, 2.24) is 9.78 Å². The van der Waals surface area contributed by atoms with Gasteiger partial charge < -0.3 is 15.1 Å². The van der Waals surface area contributed by atoms with Gasteiger partial charge in [-0.15, -0.1) is 12.2 Å². The molecule has 162 valence electrons. The molecule has 30 heavy (non-hydrogen) atoms. The molecule has 2 unspecified atom stereocenters. The Morgan fingerprint density at radius 1 is 1.20 bits per heavy atom. The molecule has 2 atom stereocenters. The number of H-pyrrole nitrogens is 1. The molecule has 2 aliphatic rings. The van der Waals surface area contributed by atoms with Crippen molar-refractivity contribution in [3.8, 4) is 0 Å². The minimum Gasteiger partial charge on any atom is -0.851 e. The second-order valence-corrected chi connectivity index (χ2v) is 9.25. The number of benzene rings is 1. The molecule has 1 aromatic heterocycles. The first kappa shape index (κ1) is 20.9. The summed E-state index contributed by atoms with van der Waals surface area (Å²) in [6.07, 6.45) is 1.83. The number of nitrogens with zero attached hydrogens (tertiary/aromatic N) is 2. The fourth-order valence-corrected chi connectivity index (χ4v) is 5.20. The van der Waals surface area contributed by atoms with Crippen LogP contribution in [0.25, 0.3) is 0 Å². The first-order valence-electron chi connectivity index (χ1n) is 10.9. The van der Waals surface area contributed by atoms with Crippen molar-refractivity contribution >= 4 is 5.69 Å². The number of hydrogen-bond donors (Lipinski definition) is 1. The zero-order valence-electron chi connectivity index (χ0n) is 18.4. The molecule has 0 amide bonds. The van der Waals surface area contributed by atoms with Gasteiger partial charge in [0.2, 0.25) is 0 Å². The van der Waals surface area contributed by atoms with Crippen LogP contribution >= 0.6 is 0 Å². The van der Waals surface area contributed by atoms with Gasteiger partial charge in [0.25, 0.3) is 5.56 Å². The molecule has 0 spiro atoms. The van der Waals surface area contributed by atoms with Crippen LogP contribution in [0.2, 0.25) is 0 Å². The van der Waals surface area contributed by atoms with E-state index in [2.05, 4.69) is 42.9 Å². The third-order valence-electron chi connectivity index (χ3n) is 6.96. The van der Waals surface area contributed by atoms with E-state index in [1.807, 2.05) is 18.2 Å². The molecule has 1 fully saturated rings. The van der Waals surface area contributed by atoms with Crippen LogP contribution in [-0.4, -0.2) is 28.5 Å². The highest BCUT2D eigenvalue weighted by atomic mass is 16.3. The summed E-state index contributed by atoms with van der Waals surface area (Å²) in [6, 6.07) is 8.33. The molecule has 4 rings (SSSR count). The van der Waals surface area contributed by atoms with Crippen molar-refractivity contribution in [2.75, 3.05) is 11.4 Å². The Morgan fingerprint density at radius 3 is 2.47 bits per heavy atom. The SMILES string of the molecule is CCCCN1C(=CC2C([O-])C(c3c(C)[nH]n(C)c3=O)C2[O-])C(C)(C)c2ccccc21. The van der Waals surface area contributed by atoms with Gasteiger partial charge >= 0.3 is 0 Å². The van der Waals surface area contributed by atoms with Gasteiger partial charge in [-0.1, -0.05) is 51.5 Å². The van der Waals surface area contributed by atoms with Crippen LogP contribution in [0.1, 0.15) is 56.4 Å². The predicted octanol–water partition coefficient (Wildman–Crippen LogP) is 1.67. The van der Waals surface area contributed by atoms with E-state index in [-0.39, 0.29) is 11.0 Å². The minimum atomic E-state index is -1.10. The molecule has 6 heteroatoms. The number of rotatable bonds is 5. The van der Waals surface area contributed by atoms with E-state index in [1.165, 1.54) is 15.9 Å². The molecule has 2 aromatic rings. The number of para-hydroxylation sites is 1. The number of anilines is 1. The van der Waals surface area contributed by atoms with Crippen LogP contribution in [0, 0.1) is 12.8 Å². The van der Waals surface area contributed by atoms with Crippen molar-refractivity contribution in [3.63, 3.8) is 0 Å². The zero-order valence-corrected chi connectivity index (χ0v) is 18.4. The van der Waals surface area contributed by atoms with Crippen LogP contribution in [0.15, 0.2) is 40.8 Å². The quantitative estimate of drug-likeness (QED) is 0.814. The molecule has 1 aromatic carbocycles. The molecule has 0 saturated heterocycles. The fourth-order valence-electron chi connectivity index (χ4n) is 5.20. The number of hydrogen-bond acceptors (Lipinski definition) is 4. The van der Waals surface area contributed by atoms with E-state index in [9.17, 15) is 15.0 Å². The Kier molecular flexibility index (Phi) is 5.19. The Bertz CT molecular complexity index is 1020. The van der Waals surface area contributed by atoms with E-state index in [1.54, 1.807) is 14.0 Å². The molecule has 1 N–H and O–H groups in total. The lowest BCUT2D eigenvalue weighted by Crippen LogP contribution is -2.65. The van der Waals surface area contributed by atoms with Gasteiger partial charge in [0, 0.05) is 41.6 Å². The van der Waals surface area contributed by atoms with Gasteiger partial charge in [-0.25, -0.2) is 0 Å². The van der Waals surface area contributed by atoms with Crippen LogP contribution in [-0.2, 0) is 12.5 Å². The molecule has 1 saturated carbocycles. The Balaban J connectivity index is 1.69. The molecule has 0 radical (unpaired) electrons. The van der Waals surface area contributed by atoms with Crippen molar-refractivity contribution in [1.29, 1.82) is 0 Å². The first-order chi connectivity index (χ1) is 14.2. The second-order valence-electron chi connectivity index (χ2n) is 9.25. The summed E-state index contributed by atoms with van der Waals surface area (Å²) < 4.78 is 1.35. The van der Waals surface area contributed by atoms with Crippen LogP contribution in [0.5, 0.6) is 0 Å². The summed E-state index contributed by atoms with van der Waals surface area (Å²) in [4.78, 5) is 14.7. The zero-order chi connectivity index (χ0) is 21.8. The maximum Gasteiger partial charge on any atom is 0.269 e. The number of unbranched alkanes of at least 4 members (excludes halogenated alkanes) is 1. The van der Waals surface area contributed by atoms with E-state index >= 15 is 0 Å². The number of aromatic nitrogens is 2. The molecule has 1 aliphatic carbocycles. The average Bonchev–Trinajstić information content (AvgIpc) is 3.08. The summed E-state index contributed by atoms with van der Waals surface area (Å²) in [5, 5.41) is 29.2. The smallest absolute Gasteiger partial charge is 0.269 e. The summed E-state index contributed by atoms with van der Waals surface area (Å²) in [6.45, 7) is 9.10. The minimum absolute atomic E-state index is 0.261. The van der Waals surface area contributed by atoms with Gasteiger partial charge in [0.1, 0.15) is 0 Å². The van der Waals surface area contributed by atoms with Crippen molar-refractivity contribution in [2.24, 2.45) is 13.0 Å². The number of fused-ring (bicyclic) bond motifs is 1. The van der Waals surface area contributed by atoms with Crippen LogP contribution in [0.3, 0.4) is 0 Å². The number of allylic oxidation sites excluding steroid dienone is 1. The number of nitrogens with one attached hydrogen (secondary N) is 1. The third-order valence-corrected chi connectivity index (χ3v) is 6.96. The first-order valence-corrected chi connectivity index (χ1v) is 10.9. The van der Waals surface area contributed by atoms with E-state index in [0.29, 0.717) is 11.3 Å². The van der Waals surface area contributed by atoms with Crippen LogP contribution < -0.4 is 20.7 Å². The molecule has 1 aliphatic heterocycles. The van der Waals surface area contributed by atoms with Gasteiger partial charge in [-0.05, 0) is 36.8 Å². The lowest BCUT2D eigenvalue weighted by molar-refractivity contribution is -0.543. The van der Waals surface area contributed by atoms with Gasteiger partial charge in [-0.3, -0.25) is 14.6 Å². The fraction of sp³-hybridized carbons (Fsp3) is 0.542. The van der Waals surface area contributed by atoms with Crippen molar-refractivity contribution in [3.05, 3.63) is 63.2 Å². The molecular formula is C24H31N3O3-2. The largest absolute Gasteiger partial charge is 0.851 e. The van der Waals surface area contributed by atoms with E-state index < -0.39 is 24.0 Å². The van der Waals surface area contributed by atoms with Crippen molar-refractivity contribution < 1.29 is 10.2 Å². The normalized spacial score (nSPS) is 28.6. The maximum absolute atomic E-state index is 13.1. The Hall–Kier alpha value is -2.31. The monoisotopic (exact) mass is 409 g/mol. The number of aryl methyl sites for hydroxylation is 2. The van der Waals surface area contributed by atoms with E-state index in [0.717, 1.165) is 25.1 Å². The second kappa shape index (κ2) is 7.43. The summed E-state index contributed by atoms with van der Waals surface area (Å²) >= 11 is 0. The predicted molar refractivity (Wildman–Crippen MR) is 114 cm³/mol. The standard InChI is InChI=1S/C24H31N3O3/c1-6-7-12-27-17-11-9-8-10-16(17)24(3,4)18(27)13-15-21(28)20(22(15)29)19-14(2)25-26(5)23(19)30/h8-11,13,15,20-22,25H,6-7,12H2,1-5H3/q-2. The van der Waals surface area contributed by atoms with Crippen molar-refractivity contribution in [2.45, 2.75) is 64.1 Å².